The molecule has 222 valence electrons. The van der Waals surface area contributed by atoms with Crippen LogP contribution in [0.5, 0.6) is 0 Å². The Balaban J connectivity index is 1.42. The molecule has 4 amide bonds. The summed E-state index contributed by atoms with van der Waals surface area (Å²) >= 11 is 1.26. The van der Waals surface area contributed by atoms with E-state index in [1.54, 1.807) is 78.9 Å². The first-order valence-electron chi connectivity index (χ1n) is 13.2. The first-order chi connectivity index (χ1) is 21.2. The molecule has 0 saturated carbocycles. The highest BCUT2D eigenvalue weighted by Gasteiger charge is 2.16. The Labute approximate surface area is 256 Å². The Morgan fingerprint density at radius 1 is 0.773 bits per heavy atom. The third kappa shape index (κ3) is 9.39. The van der Waals surface area contributed by atoms with Crippen LogP contribution in [-0.2, 0) is 14.4 Å². The number of nitrogens with zero attached hydrogens (tertiary/aromatic N) is 1. The minimum absolute atomic E-state index is 0.0744. The van der Waals surface area contributed by atoms with E-state index in [1.165, 1.54) is 49.0 Å². The van der Waals surface area contributed by atoms with Gasteiger partial charge in [0.05, 0.1) is 10.7 Å². The van der Waals surface area contributed by atoms with Gasteiger partial charge < -0.3 is 21.3 Å². The lowest BCUT2D eigenvalue weighted by molar-refractivity contribution is -0.384. The molecule has 0 heterocycles. The van der Waals surface area contributed by atoms with E-state index in [0.717, 1.165) is 0 Å². The van der Waals surface area contributed by atoms with E-state index >= 15 is 0 Å². The second kappa shape index (κ2) is 14.9. The number of carbonyl (C=O) groups excluding carboxylic acids is 4. The predicted octanol–water partition coefficient (Wildman–Crippen LogP) is 5.69. The van der Waals surface area contributed by atoms with E-state index in [0.29, 0.717) is 33.1 Å². The maximum absolute atomic E-state index is 13.3. The molecule has 11 nitrogen and oxygen atoms in total. The van der Waals surface area contributed by atoms with Gasteiger partial charge in [0.15, 0.2) is 0 Å². The number of hydrogen-bond acceptors (Lipinski definition) is 7. The number of nitro groups is 1. The maximum atomic E-state index is 13.3. The molecule has 0 aromatic heterocycles. The van der Waals surface area contributed by atoms with Crippen molar-refractivity contribution in [2.24, 2.45) is 0 Å². The van der Waals surface area contributed by atoms with Crippen LogP contribution in [0.3, 0.4) is 0 Å². The second-order valence-corrected chi connectivity index (χ2v) is 10.4. The third-order valence-electron chi connectivity index (χ3n) is 5.89. The SMILES string of the molecule is CC(=O)Nc1ccc(NC(=O)CSc2cccc(NC(=O)/C(=C\c3ccc([N+](=O)[O-])cc3)NC(=O)c3ccccc3)c2)cc1. The summed E-state index contributed by atoms with van der Waals surface area (Å²) in [6.07, 6.45) is 1.42. The topological polar surface area (TPSA) is 160 Å². The summed E-state index contributed by atoms with van der Waals surface area (Å²) in [7, 11) is 0. The van der Waals surface area contributed by atoms with Crippen LogP contribution in [0.4, 0.5) is 22.7 Å². The van der Waals surface area contributed by atoms with Gasteiger partial charge in [0.2, 0.25) is 11.8 Å². The van der Waals surface area contributed by atoms with Crippen molar-refractivity contribution in [3.63, 3.8) is 0 Å². The number of nitro benzene ring substituents is 1. The number of carbonyl (C=O) groups is 4. The van der Waals surface area contributed by atoms with Crippen LogP contribution < -0.4 is 21.3 Å². The molecule has 0 radical (unpaired) electrons. The number of rotatable bonds is 11. The van der Waals surface area contributed by atoms with Gasteiger partial charge in [0.25, 0.3) is 17.5 Å². The summed E-state index contributed by atoms with van der Waals surface area (Å²) in [6.45, 7) is 1.41. The van der Waals surface area contributed by atoms with E-state index < -0.39 is 16.7 Å². The zero-order valence-electron chi connectivity index (χ0n) is 23.4. The lowest BCUT2D eigenvalue weighted by atomic mass is 10.1. The van der Waals surface area contributed by atoms with Crippen LogP contribution >= 0.6 is 11.8 Å². The maximum Gasteiger partial charge on any atom is 0.272 e. The lowest BCUT2D eigenvalue weighted by Crippen LogP contribution is -2.30. The number of thioether (sulfide) groups is 1. The summed E-state index contributed by atoms with van der Waals surface area (Å²) < 4.78 is 0. The van der Waals surface area contributed by atoms with E-state index in [4.69, 9.17) is 0 Å². The molecule has 4 N–H and O–H groups in total. The summed E-state index contributed by atoms with van der Waals surface area (Å²) in [5.41, 5.74) is 2.26. The zero-order chi connectivity index (χ0) is 31.5. The predicted molar refractivity (Wildman–Crippen MR) is 170 cm³/mol. The Bertz CT molecular complexity index is 1710. The van der Waals surface area contributed by atoms with Gasteiger partial charge in [-0.05, 0) is 78.4 Å². The minimum Gasteiger partial charge on any atom is -0.326 e. The van der Waals surface area contributed by atoms with Gasteiger partial charge in [0.1, 0.15) is 5.70 Å². The number of non-ortho nitro benzene ring substituents is 1. The molecule has 4 aromatic carbocycles. The lowest BCUT2D eigenvalue weighted by Gasteiger charge is -2.12. The standard InChI is InChI=1S/C32H27N5O6S/c1-21(38)33-24-12-14-25(15-13-24)34-30(39)20-44-28-9-5-8-26(19-28)35-32(41)29(36-31(40)23-6-3-2-4-7-23)18-22-10-16-27(17-11-22)37(42)43/h2-19H,20H2,1H3,(H,33,38)(H,34,39)(H,35,41)(H,36,40)/b29-18+. The van der Waals surface area contributed by atoms with Crippen molar-refractivity contribution in [2.75, 3.05) is 21.7 Å². The largest absolute Gasteiger partial charge is 0.326 e. The fourth-order valence-electron chi connectivity index (χ4n) is 3.85. The normalized spacial score (nSPS) is 10.8. The molecule has 0 saturated heterocycles. The smallest absolute Gasteiger partial charge is 0.272 e. The van der Waals surface area contributed by atoms with Crippen molar-refractivity contribution < 1.29 is 24.1 Å². The van der Waals surface area contributed by atoms with Gasteiger partial charge in [-0.25, -0.2) is 0 Å². The Hall–Kier alpha value is -5.75. The molecular formula is C32H27N5O6S. The highest BCUT2D eigenvalue weighted by molar-refractivity contribution is 8.00. The fourth-order valence-corrected chi connectivity index (χ4v) is 4.60. The van der Waals surface area contributed by atoms with Crippen LogP contribution in [0.15, 0.2) is 114 Å². The zero-order valence-corrected chi connectivity index (χ0v) is 24.2. The van der Waals surface area contributed by atoms with Crippen LogP contribution in [-0.4, -0.2) is 34.3 Å². The third-order valence-corrected chi connectivity index (χ3v) is 6.89. The molecule has 0 atom stereocenters. The highest BCUT2D eigenvalue weighted by atomic mass is 32.2. The van der Waals surface area contributed by atoms with Crippen LogP contribution in [0.2, 0.25) is 0 Å². The van der Waals surface area contributed by atoms with Crippen molar-refractivity contribution >= 4 is 64.2 Å². The van der Waals surface area contributed by atoms with E-state index in [9.17, 15) is 29.3 Å². The molecule has 0 aliphatic carbocycles. The summed E-state index contributed by atoms with van der Waals surface area (Å²) in [4.78, 5) is 61.1. The number of benzene rings is 4. The van der Waals surface area contributed by atoms with Crippen LogP contribution in [0, 0.1) is 10.1 Å². The van der Waals surface area contributed by atoms with Gasteiger partial charge in [-0.2, -0.15) is 0 Å². The van der Waals surface area contributed by atoms with Crippen LogP contribution in [0.1, 0.15) is 22.8 Å². The molecule has 0 fully saturated rings. The molecule has 4 rings (SSSR count). The van der Waals surface area contributed by atoms with Gasteiger partial charge in [-0.15, -0.1) is 11.8 Å². The average Bonchev–Trinajstić information content (AvgIpc) is 3.01. The Morgan fingerprint density at radius 2 is 1.43 bits per heavy atom. The summed E-state index contributed by atoms with van der Waals surface area (Å²) in [5, 5.41) is 21.9. The molecular weight excluding hydrogens is 582 g/mol. The number of hydrogen-bond donors (Lipinski definition) is 4. The molecule has 0 aliphatic heterocycles. The van der Waals surface area contributed by atoms with Crippen LogP contribution in [0.25, 0.3) is 6.08 Å². The first kappa shape index (κ1) is 31.2. The van der Waals surface area contributed by atoms with E-state index in [1.807, 2.05) is 0 Å². The second-order valence-electron chi connectivity index (χ2n) is 9.30. The highest BCUT2D eigenvalue weighted by Crippen LogP contribution is 2.23. The quantitative estimate of drug-likeness (QED) is 0.0735. The van der Waals surface area contributed by atoms with Gasteiger partial charge >= 0.3 is 0 Å². The van der Waals surface area contributed by atoms with Crippen molar-refractivity contribution in [3.8, 4) is 0 Å². The molecule has 0 unspecified atom stereocenters. The number of anilines is 3. The van der Waals surface area contributed by atoms with Crippen molar-refractivity contribution in [1.82, 2.24) is 5.32 Å². The number of nitrogens with one attached hydrogen (secondary N) is 4. The van der Waals surface area contributed by atoms with Crippen molar-refractivity contribution in [1.29, 1.82) is 0 Å². The van der Waals surface area contributed by atoms with Gasteiger partial charge in [-0.3, -0.25) is 29.3 Å². The monoisotopic (exact) mass is 609 g/mol. The van der Waals surface area contributed by atoms with Gasteiger partial charge in [0, 0.05) is 46.6 Å². The average molecular weight is 610 g/mol. The first-order valence-corrected chi connectivity index (χ1v) is 14.2. The Kier molecular flexibility index (Phi) is 10.6. The summed E-state index contributed by atoms with van der Waals surface area (Å²) in [6, 6.07) is 27.5. The minimum atomic E-state index is -0.616. The molecule has 0 spiro atoms. The van der Waals surface area contributed by atoms with E-state index in [2.05, 4.69) is 21.3 Å². The molecule has 4 aromatic rings. The number of amides is 4. The van der Waals surface area contributed by atoms with E-state index in [-0.39, 0.29) is 29.0 Å². The fraction of sp³-hybridized carbons (Fsp3) is 0.0625. The molecule has 0 bridgehead atoms. The Morgan fingerprint density at radius 3 is 2.07 bits per heavy atom. The molecule has 12 heteroatoms. The van der Waals surface area contributed by atoms with Gasteiger partial charge in [-0.1, -0.05) is 24.3 Å². The molecule has 44 heavy (non-hydrogen) atoms. The van der Waals surface area contributed by atoms with Crippen molar-refractivity contribution in [2.45, 2.75) is 11.8 Å². The summed E-state index contributed by atoms with van der Waals surface area (Å²) in [5.74, 6) is -1.45. The molecule has 0 aliphatic rings. The van der Waals surface area contributed by atoms with Crippen molar-refractivity contribution in [3.05, 3.63) is 130 Å².